The Bertz CT molecular complexity index is 2520. The number of rotatable bonds is 6. The Labute approximate surface area is 303 Å². The topological polar surface area (TPSA) is 3.24 Å². The molecule has 7 aromatic carbocycles. The number of aryl methyl sites for hydroxylation is 1. The van der Waals surface area contributed by atoms with E-state index >= 15 is 0 Å². The van der Waals surface area contributed by atoms with Gasteiger partial charge in [-0.1, -0.05) is 158 Å². The quantitative estimate of drug-likeness (QED) is 0.170. The average Bonchev–Trinajstić information content (AvgIpc) is 3.74. The highest BCUT2D eigenvalue weighted by Crippen LogP contribution is 2.57. The number of hydrogen-bond acceptors (Lipinski definition) is 2. The zero-order valence-corrected chi connectivity index (χ0v) is 29.0. The number of thiophene rings is 1. The molecular weight excluding hydrogens is 635 g/mol. The second-order valence-electron chi connectivity index (χ2n) is 13.5. The molecule has 1 heterocycles. The van der Waals surface area contributed by atoms with Crippen LogP contribution >= 0.6 is 11.3 Å². The minimum atomic E-state index is -0.461. The van der Waals surface area contributed by atoms with Crippen molar-refractivity contribution in [2.45, 2.75) is 18.3 Å². The lowest BCUT2D eigenvalue weighted by atomic mass is 9.67. The van der Waals surface area contributed by atoms with Gasteiger partial charge in [0.25, 0.3) is 0 Å². The van der Waals surface area contributed by atoms with Crippen molar-refractivity contribution in [1.82, 2.24) is 0 Å². The van der Waals surface area contributed by atoms with E-state index in [0.717, 1.165) is 18.5 Å². The van der Waals surface area contributed by atoms with Crippen LogP contribution in [-0.4, -0.2) is 0 Å². The Morgan fingerprint density at radius 3 is 1.82 bits per heavy atom. The van der Waals surface area contributed by atoms with E-state index in [-0.39, 0.29) is 0 Å². The number of benzene rings is 7. The Morgan fingerprint density at radius 1 is 0.490 bits per heavy atom. The molecule has 2 aliphatic carbocycles. The van der Waals surface area contributed by atoms with Gasteiger partial charge in [-0.15, -0.1) is 11.3 Å². The van der Waals surface area contributed by atoms with Crippen LogP contribution in [0.5, 0.6) is 0 Å². The van der Waals surface area contributed by atoms with Crippen LogP contribution in [0.15, 0.2) is 188 Å². The summed E-state index contributed by atoms with van der Waals surface area (Å²) in [6.07, 6.45) is 4.54. The van der Waals surface area contributed by atoms with Crippen molar-refractivity contribution in [3.63, 3.8) is 0 Å². The van der Waals surface area contributed by atoms with Gasteiger partial charge in [0.1, 0.15) is 0 Å². The molecule has 1 nitrogen and oxygen atoms in total. The first-order valence-corrected chi connectivity index (χ1v) is 18.6. The van der Waals surface area contributed by atoms with Gasteiger partial charge in [-0.2, -0.15) is 0 Å². The molecule has 2 heteroatoms. The average molecular weight is 670 g/mol. The summed E-state index contributed by atoms with van der Waals surface area (Å²) in [5.74, 6) is 0. The van der Waals surface area contributed by atoms with Gasteiger partial charge in [0.05, 0.1) is 16.0 Å². The lowest BCUT2D eigenvalue weighted by Gasteiger charge is -2.35. The van der Waals surface area contributed by atoms with Crippen LogP contribution in [-0.2, 0) is 11.8 Å². The molecule has 2 aliphatic rings. The normalized spacial score (nSPS) is 14.0. The summed E-state index contributed by atoms with van der Waals surface area (Å²) in [7, 11) is 0. The highest BCUT2D eigenvalue weighted by molar-refractivity contribution is 7.20. The zero-order valence-electron chi connectivity index (χ0n) is 28.2. The van der Waals surface area contributed by atoms with Gasteiger partial charge in [-0.05, 0) is 98.6 Å². The summed E-state index contributed by atoms with van der Waals surface area (Å²) in [5, 5.41) is 1.39. The first-order chi connectivity index (χ1) is 25.3. The second kappa shape index (κ2) is 12.1. The molecule has 0 atom stereocenters. The summed E-state index contributed by atoms with van der Waals surface area (Å²) in [6.45, 7) is 0. The van der Waals surface area contributed by atoms with Gasteiger partial charge in [0.15, 0.2) is 0 Å². The number of anilines is 2. The summed E-state index contributed by atoms with van der Waals surface area (Å²) in [5.41, 5.74) is 14.8. The molecule has 0 spiro atoms. The van der Waals surface area contributed by atoms with Crippen LogP contribution in [0, 0.1) is 0 Å². The van der Waals surface area contributed by atoms with Gasteiger partial charge >= 0.3 is 0 Å². The summed E-state index contributed by atoms with van der Waals surface area (Å²) in [4.78, 5) is 3.89. The molecule has 10 rings (SSSR count). The van der Waals surface area contributed by atoms with Crippen molar-refractivity contribution in [2.75, 3.05) is 4.90 Å². The van der Waals surface area contributed by atoms with E-state index in [4.69, 9.17) is 0 Å². The van der Waals surface area contributed by atoms with Crippen molar-refractivity contribution in [3.8, 4) is 22.3 Å². The molecule has 0 amide bonds. The van der Waals surface area contributed by atoms with E-state index in [1.165, 1.54) is 76.4 Å². The zero-order chi connectivity index (χ0) is 33.8. The van der Waals surface area contributed by atoms with Gasteiger partial charge in [-0.25, -0.2) is 0 Å². The van der Waals surface area contributed by atoms with Crippen molar-refractivity contribution < 1.29 is 0 Å². The Kier molecular flexibility index (Phi) is 7.11. The van der Waals surface area contributed by atoms with Crippen molar-refractivity contribution >= 4 is 38.5 Å². The number of allylic oxidation sites excluding steroid dienone is 1. The van der Waals surface area contributed by atoms with E-state index in [1.54, 1.807) is 0 Å². The van der Waals surface area contributed by atoms with E-state index in [0.29, 0.717) is 0 Å². The Hall–Kier alpha value is -5.96. The van der Waals surface area contributed by atoms with Crippen molar-refractivity contribution in [2.24, 2.45) is 0 Å². The van der Waals surface area contributed by atoms with Gasteiger partial charge in [-0.3, -0.25) is 0 Å². The molecule has 0 bridgehead atoms. The summed E-state index contributed by atoms with van der Waals surface area (Å²) in [6, 6.07) is 67.1. The first-order valence-electron chi connectivity index (χ1n) is 17.8. The third kappa shape index (κ3) is 4.67. The fraction of sp³-hybridized carbons (Fsp3) is 0.0612. The third-order valence-electron chi connectivity index (χ3n) is 10.8. The predicted molar refractivity (Wildman–Crippen MR) is 216 cm³/mol. The Balaban J connectivity index is 1.22. The van der Waals surface area contributed by atoms with Gasteiger partial charge < -0.3 is 4.90 Å². The largest absolute Gasteiger partial charge is 0.309 e. The smallest absolute Gasteiger partial charge is 0.0714 e. The lowest BCUT2D eigenvalue weighted by molar-refractivity contribution is 0.768. The van der Waals surface area contributed by atoms with E-state index in [2.05, 4.69) is 193 Å². The van der Waals surface area contributed by atoms with Gasteiger partial charge in [0, 0.05) is 16.1 Å². The number of fused-ring (bicyclic) bond motifs is 6. The molecule has 0 unspecified atom stereocenters. The van der Waals surface area contributed by atoms with Crippen LogP contribution < -0.4 is 4.90 Å². The highest BCUT2D eigenvalue weighted by Gasteiger charge is 2.46. The molecular formula is C49H35NS. The van der Waals surface area contributed by atoms with Crippen LogP contribution in [0.3, 0.4) is 0 Å². The maximum atomic E-state index is 2.52. The fourth-order valence-electron chi connectivity index (χ4n) is 8.62. The Morgan fingerprint density at radius 2 is 1.08 bits per heavy atom. The number of hydrogen-bond donors (Lipinski definition) is 0. The van der Waals surface area contributed by atoms with E-state index < -0.39 is 5.41 Å². The second-order valence-corrected chi connectivity index (χ2v) is 14.6. The predicted octanol–water partition coefficient (Wildman–Crippen LogP) is 13.1. The molecule has 0 radical (unpaired) electrons. The van der Waals surface area contributed by atoms with Crippen LogP contribution in [0.25, 0.3) is 38.0 Å². The summed E-state index contributed by atoms with van der Waals surface area (Å²) < 4.78 is 1.35. The SMILES string of the molecule is C1=C(N(c2ccc(-c3ccccc3)cc2)c2ccc3c(c2)C(c2ccccc2)(c2ccccc2)c2ccccc2-3)c2sc3ccccc3c2CC1. The number of nitrogens with zero attached hydrogens (tertiary/aromatic N) is 1. The van der Waals surface area contributed by atoms with E-state index in [1.807, 2.05) is 11.3 Å². The lowest BCUT2D eigenvalue weighted by Crippen LogP contribution is -2.29. The molecule has 0 N–H and O–H groups in total. The molecule has 0 fully saturated rings. The van der Waals surface area contributed by atoms with Gasteiger partial charge in [0.2, 0.25) is 0 Å². The van der Waals surface area contributed by atoms with E-state index in [9.17, 15) is 0 Å². The third-order valence-corrected chi connectivity index (χ3v) is 12.1. The molecule has 8 aromatic rings. The van der Waals surface area contributed by atoms with Crippen LogP contribution in [0.1, 0.15) is 39.1 Å². The van der Waals surface area contributed by atoms with Crippen molar-refractivity contribution in [1.29, 1.82) is 0 Å². The maximum absolute atomic E-state index is 2.52. The summed E-state index contributed by atoms with van der Waals surface area (Å²) >= 11 is 1.92. The standard InChI is InChI=1S/C49H35NS/c1-4-15-34(16-5-1)35-27-29-38(30-28-35)50(46-25-14-23-43-42-22-11-13-26-47(42)51-48(43)46)39-31-32-41-40-21-10-12-24-44(40)49(45(41)33-39,36-17-6-2-7-18-36)37-19-8-3-9-20-37/h1-13,15-22,24-33H,14,23H2. The molecule has 51 heavy (non-hydrogen) atoms. The minimum Gasteiger partial charge on any atom is -0.309 e. The molecule has 0 saturated heterocycles. The minimum absolute atomic E-state index is 0.461. The first kappa shape index (κ1) is 29.9. The van der Waals surface area contributed by atoms with Crippen LogP contribution in [0.2, 0.25) is 0 Å². The highest BCUT2D eigenvalue weighted by atomic mass is 32.1. The molecule has 0 aliphatic heterocycles. The molecule has 0 saturated carbocycles. The maximum Gasteiger partial charge on any atom is 0.0714 e. The fourth-order valence-corrected chi connectivity index (χ4v) is 9.91. The molecule has 242 valence electrons. The van der Waals surface area contributed by atoms with Crippen molar-refractivity contribution in [3.05, 3.63) is 221 Å². The molecule has 1 aromatic heterocycles. The monoisotopic (exact) mass is 669 g/mol. The van der Waals surface area contributed by atoms with Crippen LogP contribution in [0.4, 0.5) is 11.4 Å².